The molecule has 2 aromatic carbocycles. The molecule has 2 N–H and O–H groups in total. The first kappa shape index (κ1) is 17.3. The lowest BCUT2D eigenvalue weighted by Gasteiger charge is -2.15. The van der Waals surface area contributed by atoms with E-state index in [-0.39, 0.29) is 22.8 Å². The van der Waals surface area contributed by atoms with Crippen LogP contribution in [0.25, 0.3) is 0 Å². The van der Waals surface area contributed by atoms with Crippen molar-refractivity contribution in [2.24, 2.45) is 0 Å². The molecule has 0 spiro atoms. The van der Waals surface area contributed by atoms with Crippen molar-refractivity contribution in [1.29, 1.82) is 0 Å². The first-order valence-corrected chi connectivity index (χ1v) is 7.18. The number of hydrogen-bond donors (Lipinski definition) is 2. The summed E-state index contributed by atoms with van der Waals surface area (Å²) in [6.07, 6.45) is 0. The van der Waals surface area contributed by atoms with E-state index in [4.69, 9.17) is 11.6 Å². The van der Waals surface area contributed by atoms with Gasteiger partial charge in [-0.3, -0.25) is 4.79 Å². The number of carbonyl (C=O) groups excluding carboxylic acids is 1. The fourth-order valence-electron chi connectivity index (χ4n) is 2.00. The molecular formula is C16H14ClF3N2O. The number of carbonyl (C=O) groups is 1. The molecule has 0 fully saturated rings. The fraction of sp³-hybridized carbons (Fsp3) is 0.188. The summed E-state index contributed by atoms with van der Waals surface area (Å²) >= 11 is 5.73. The van der Waals surface area contributed by atoms with Crippen molar-refractivity contribution < 1.29 is 18.0 Å². The van der Waals surface area contributed by atoms with E-state index >= 15 is 0 Å². The Morgan fingerprint density at radius 3 is 2.57 bits per heavy atom. The van der Waals surface area contributed by atoms with Gasteiger partial charge in [0.1, 0.15) is 17.5 Å². The number of nitrogens with one attached hydrogen (secondary N) is 2. The summed E-state index contributed by atoms with van der Waals surface area (Å²) in [4.78, 5) is 11.8. The lowest BCUT2D eigenvalue weighted by molar-refractivity contribution is -0.115. The highest BCUT2D eigenvalue weighted by atomic mass is 35.5. The van der Waals surface area contributed by atoms with Gasteiger partial charge in [0.25, 0.3) is 0 Å². The van der Waals surface area contributed by atoms with Gasteiger partial charge in [-0.1, -0.05) is 17.7 Å². The molecule has 2 rings (SSSR count). The summed E-state index contributed by atoms with van der Waals surface area (Å²) in [5.74, 6) is -2.50. The van der Waals surface area contributed by atoms with Crippen LogP contribution < -0.4 is 10.6 Å². The number of rotatable bonds is 5. The molecule has 0 heterocycles. The summed E-state index contributed by atoms with van der Waals surface area (Å²) in [7, 11) is 0. The quantitative estimate of drug-likeness (QED) is 0.860. The molecule has 0 aliphatic carbocycles. The molecule has 0 aliphatic rings. The van der Waals surface area contributed by atoms with Gasteiger partial charge < -0.3 is 10.6 Å². The van der Waals surface area contributed by atoms with Crippen LogP contribution in [0.15, 0.2) is 36.4 Å². The van der Waals surface area contributed by atoms with Crippen LogP contribution in [-0.4, -0.2) is 12.5 Å². The molecule has 0 saturated heterocycles. The number of amides is 1. The molecule has 7 heteroatoms. The minimum atomic E-state index is -0.703. The molecule has 3 nitrogen and oxygen atoms in total. The Labute approximate surface area is 136 Å². The highest BCUT2D eigenvalue weighted by Crippen LogP contribution is 2.20. The standard InChI is InChI=1S/C16H14ClF3N2O/c1-9(12-4-3-11(18)7-14(12)20)21-8-16(23)22-15-6-10(17)2-5-13(15)19/h2-7,9,21H,8H2,1H3,(H,22,23)/t9-/m0/s1. The van der Waals surface area contributed by atoms with E-state index in [2.05, 4.69) is 10.6 Å². The Morgan fingerprint density at radius 1 is 1.13 bits per heavy atom. The van der Waals surface area contributed by atoms with Crippen molar-refractivity contribution in [2.45, 2.75) is 13.0 Å². The van der Waals surface area contributed by atoms with Crippen LogP contribution in [0, 0.1) is 17.5 Å². The van der Waals surface area contributed by atoms with Crippen molar-refractivity contribution >= 4 is 23.2 Å². The third kappa shape index (κ3) is 4.71. The Kier molecular flexibility index (Phi) is 5.63. The topological polar surface area (TPSA) is 41.1 Å². The average Bonchev–Trinajstić information content (AvgIpc) is 2.48. The van der Waals surface area contributed by atoms with Crippen LogP contribution >= 0.6 is 11.6 Å². The van der Waals surface area contributed by atoms with Gasteiger partial charge in [0.2, 0.25) is 5.91 Å². The first-order chi connectivity index (χ1) is 10.9. The molecule has 0 aromatic heterocycles. The minimum Gasteiger partial charge on any atom is -0.322 e. The van der Waals surface area contributed by atoms with Crippen molar-refractivity contribution in [3.63, 3.8) is 0 Å². The Hall–Kier alpha value is -2.05. The van der Waals surface area contributed by atoms with Crippen molar-refractivity contribution in [3.05, 3.63) is 64.4 Å². The molecule has 0 bridgehead atoms. The molecule has 0 unspecified atom stereocenters. The predicted octanol–water partition coefficient (Wildman–Crippen LogP) is 4.05. The predicted molar refractivity (Wildman–Crippen MR) is 82.8 cm³/mol. The van der Waals surface area contributed by atoms with Gasteiger partial charge >= 0.3 is 0 Å². The SMILES string of the molecule is C[C@H](NCC(=O)Nc1cc(Cl)ccc1F)c1ccc(F)cc1F. The lowest BCUT2D eigenvalue weighted by Crippen LogP contribution is -2.30. The maximum atomic E-state index is 13.6. The van der Waals surface area contributed by atoms with Crippen LogP contribution in [0.1, 0.15) is 18.5 Å². The summed E-state index contributed by atoms with van der Waals surface area (Å²) in [6, 6.07) is 6.49. The summed E-state index contributed by atoms with van der Waals surface area (Å²) in [5.41, 5.74) is 0.193. The summed E-state index contributed by atoms with van der Waals surface area (Å²) < 4.78 is 40.0. The summed E-state index contributed by atoms with van der Waals surface area (Å²) in [5, 5.41) is 5.44. The highest BCUT2D eigenvalue weighted by molar-refractivity contribution is 6.30. The van der Waals surface area contributed by atoms with Gasteiger partial charge in [-0.05, 0) is 31.2 Å². The Bertz CT molecular complexity index is 724. The van der Waals surface area contributed by atoms with Gasteiger partial charge in [-0.2, -0.15) is 0 Å². The van der Waals surface area contributed by atoms with Crippen LogP contribution in [0.2, 0.25) is 5.02 Å². The van der Waals surface area contributed by atoms with Crippen LogP contribution in [0.4, 0.5) is 18.9 Å². The lowest BCUT2D eigenvalue weighted by atomic mass is 10.1. The van der Waals surface area contributed by atoms with Crippen molar-refractivity contribution in [3.8, 4) is 0 Å². The number of hydrogen-bond acceptors (Lipinski definition) is 2. The minimum absolute atomic E-state index is 0.0371. The molecule has 0 radical (unpaired) electrons. The normalized spacial score (nSPS) is 12.0. The highest BCUT2D eigenvalue weighted by Gasteiger charge is 2.13. The molecule has 23 heavy (non-hydrogen) atoms. The van der Waals surface area contributed by atoms with Crippen LogP contribution in [0.3, 0.4) is 0 Å². The monoisotopic (exact) mass is 342 g/mol. The third-order valence-electron chi connectivity index (χ3n) is 3.20. The van der Waals surface area contributed by atoms with Gasteiger partial charge in [0.15, 0.2) is 0 Å². The molecule has 1 amide bonds. The molecule has 0 aliphatic heterocycles. The zero-order chi connectivity index (χ0) is 17.0. The van der Waals surface area contributed by atoms with Crippen LogP contribution in [-0.2, 0) is 4.79 Å². The van der Waals surface area contributed by atoms with E-state index in [9.17, 15) is 18.0 Å². The van der Waals surface area contributed by atoms with E-state index in [0.29, 0.717) is 0 Å². The zero-order valence-electron chi connectivity index (χ0n) is 12.2. The molecule has 0 saturated carbocycles. The van der Waals surface area contributed by atoms with E-state index in [1.54, 1.807) is 6.92 Å². The van der Waals surface area contributed by atoms with Gasteiger partial charge in [0, 0.05) is 22.7 Å². The average molecular weight is 343 g/mol. The number of benzene rings is 2. The van der Waals surface area contributed by atoms with E-state index in [1.807, 2.05) is 0 Å². The van der Waals surface area contributed by atoms with Gasteiger partial charge in [-0.25, -0.2) is 13.2 Å². The maximum Gasteiger partial charge on any atom is 0.238 e. The third-order valence-corrected chi connectivity index (χ3v) is 3.44. The second-order valence-corrected chi connectivity index (χ2v) is 5.38. The second kappa shape index (κ2) is 7.48. The smallest absolute Gasteiger partial charge is 0.238 e. The maximum absolute atomic E-state index is 13.6. The number of halogens is 4. The van der Waals surface area contributed by atoms with Gasteiger partial charge in [0.05, 0.1) is 12.2 Å². The zero-order valence-corrected chi connectivity index (χ0v) is 12.9. The second-order valence-electron chi connectivity index (χ2n) is 4.94. The van der Waals surface area contributed by atoms with E-state index in [1.165, 1.54) is 18.2 Å². The van der Waals surface area contributed by atoms with Crippen molar-refractivity contribution in [2.75, 3.05) is 11.9 Å². The Morgan fingerprint density at radius 2 is 1.87 bits per heavy atom. The van der Waals surface area contributed by atoms with Crippen molar-refractivity contribution in [1.82, 2.24) is 5.32 Å². The van der Waals surface area contributed by atoms with E-state index < -0.39 is 29.4 Å². The van der Waals surface area contributed by atoms with Crippen LogP contribution in [0.5, 0.6) is 0 Å². The van der Waals surface area contributed by atoms with E-state index in [0.717, 1.165) is 18.2 Å². The largest absolute Gasteiger partial charge is 0.322 e. The first-order valence-electron chi connectivity index (χ1n) is 6.80. The fourth-order valence-corrected chi connectivity index (χ4v) is 2.17. The van der Waals surface area contributed by atoms with Gasteiger partial charge in [-0.15, -0.1) is 0 Å². The molecule has 2 aromatic rings. The molecule has 1 atom stereocenters. The molecule has 122 valence electrons. The summed E-state index contributed by atoms with van der Waals surface area (Å²) in [6.45, 7) is 1.45. The Balaban J connectivity index is 1.94. The number of anilines is 1. The molecular weight excluding hydrogens is 329 g/mol.